The number of nitrogens with zero attached hydrogens (tertiary/aromatic N) is 5. The second-order valence-electron chi connectivity index (χ2n) is 11.4. The summed E-state index contributed by atoms with van der Waals surface area (Å²) < 4.78 is 8.53. The van der Waals surface area contributed by atoms with Crippen LogP contribution in [0.2, 0.25) is 0 Å². The molecule has 3 N–H and O–H groups in total. The van der Waals surface area contributed by atoms with E-state index >= 15 is 0 Å². The predicted molar refractivity (Wildman–Crippen MR) is 159 cm³/mol. The fourth-order valence-corrected chi connectivity index (χ4v) is 4.33. The smallest absolute Gasteiger partial charge is 0.415 e. The minimum absolute atomic E-state index is 0.0477. The van der Waals surface area contributed by atoms with E-state index in [0.717, 1.165) is 25.7 Å². The van der Waals surface area contributed by atoms with Crippen LogP contribution in [-0.4, -0.2) is 61.6 Å². The average molecular weight is 570 g/mol. The number of hydrogen-bond acceptors (Lipinski definition) is 8. The topological polar surface area (TPSA) is 143 Å². The number of fused-ring (bicyclic) bond motifs is 1. The molecule has 1 atom stereocenters. The summed E-state index contributed by atoms with van der Waals surface area (Å²) in [4.78, 5) is 45.4. The van der Waals surface area contributed by atoms with Crippen molar-refractivity contribution in [3.8, 4) is 0 Å². The number of unbranched alkanes of at least 4 members (excludes halogenated alkanes) is 2. The number of ether oxygens (including phenoxy) is 1. The van der Waals surface area contributed by atoms with Gasteiger partial charge in [-0.1, -0.05) is 26.2 Å². The molecule has 0 aromatic carbocycles. The molecule has 0 aliphatic carbocycles. The van der Waals surface area contributed by atoms with Gasteiger partial charge in [0, 0.05) is 38.0 Å². The lowest BCUT2D eigenvalue weighted by atomic mass is 10.1. The Morgan fingerprint density at radius 3 is 2.56 bits per heavy atom. The van der Waals surface area contributed by atoms with Crippen LogP contribution >= 0.6 is 0 Å². The summed E-state index contributed by atoms with van der Waals surface area (Å²) in [6, 6.07) is 4.70. The Morgan fingerprint density at radius 2 is 1.93 bits per heavy atom. The molecule has 0 bridgehead atoms. The van der Waals surface area contributed by atoms with E-state index in [1.165, 1.54) is 22.7 Å². The van der Waals surface area contributed by atoms with Gasteiger partial charge in [0.05, 0.1) is 6.20 Å². The van der Waals surface area contributed by atoms with E-state index in [0.29, 0.717) is 6.42 Å². The second kappa shape index (κ2) is 13.6. The maximum Gasteiger partial charge on any atom is 0.415 e. The van der Waals surface area contributed by atoms with E-state index in [9.17, 15) is 19.5 Å². The van der Waals surface area contributed by atoms with E-state index < -0.39 is 17.6 Å². The first-order valence-electron chi connectivity index (χ1n) is 14.1. The Labute approximate surface area is 240 Å². The summed E-state index contributed by atoms with van der Waals surface area (Å²) in [5.41, 5.74) is -0.308. The van der Waals surface area contributed by atoms with Gasteiger partial charge in [-0.25, -0.2) is 9.78 Å². The van der Waals surface area contributed by atoms with Crippen LogP contribution in [0.4, 0.5) is 22.1 Å². The van der Waals surface area contributed by atoms with Gasteiger partial charge in [-0.3, -0.25) is 14.5 Å². The van der Waals surface area contributed by atoms with Crippen molar-refractivity contribution in [2.75, 3.05) is 23.9 Å². The van der Waals surface area contributed by atoms with Gasteiger partial charge in [-0.05, 0) is 59.6 Å². The third-order valence-corrected chi connectivity index (χ3v) is 6.47. The number of nitrogens with one attached hydrogen (secondary N) is 2. The monoisotopic (exact) mass is 569 g/mol. The zero-order valence-corrected chi connectivity index (χ0v) is 25.1. The van der Waals surface area contributed by atoms with Crippen molar-refractivity contribution in [3.05, 3.63) is 46.5 Å². The molecular weight excluding hydrogens is 526 g/mol. The lowest BCUT2D eigenvalue weighted by Crippen LogP contribution is -2.36. The molecule has 0 saturated heterocycles. The Kier molecular flexibility index (Phi) is 10.5. The number of carbonyl (C=O) groups is 2. The highest BCUT2D eigenvalue weighted by Crippen LogP contribution is 2.25. The number of pyridine rings is 1. The number of anilines is 3. The molecule has 12 heteroatoms. The van der Waals surface area contributed by atoms with Crippen LogP contribution in [0, 0.1) is 0 Å². The van der Waals surface area contributed by atoms with Crippen LogP contribution in [-0.2, 0) is 4.74 Å². The largest absolute Gasteiger partial charge is 0.443 e. The zero-order valence-electron chi connectivity index (χ0n) is 25.1. The molecule has 3 heterocycles. The van der Waals surface area contributed by atoms with Crippen molar-refractivity contribution < 1.29 is 19.4 Å². The summed E-state index contributed by atoms with van der Waals surface area (Å²) >= 11 is 0. The molecule has 3 aromatic heterocycles. The Hall–Kier alpha value is -3.93. The maximum absolute atomic E-state index is 13.4. The zero-order chi connectivity index (χ0) is 30.3. The van der Waals surface area contributed by atoms with Crippen molar-refractivity contribution in [2.45, 2.75) is 91.3 Å². The fourth-order valence-electron chi connectivity index (χ4n) is 4.33. The van der Waals surface area contributed by atoms with E-state index in [2.05, 4.69) is 27.6 Å². The Balaban J connectivity index is 2.07. The molecule has 0 saturated carbocycles. The summed E-state index contributed by atoms with van der Waals surface area (Å²) in [5, 5.41) is 20.0. The third-order valence-electron chi connectivity index (χ3n) is 6.47. The van der Waals surface area contributed by atoms with Crippen LogP contribution in [0.15, 0.2) is 35.4 Å². The molecule has 3 aromatic rings. The van der Waals surface area contributed by atoms with Crippen molar-refractivity contribution in [3.63, 3.8) is 0 Å². The van der Waals surface area contributed by atoms with E-state index in [1.807, 2.05) is 13.8 Å². The molecule has 3 rings (SSSR count). The normalized spacial score (nSPS) is 12.4. The van der Waals surface area contributed by atoms with E-state index in [4.69, 9.17) is 4.74 Å². The van der Waals surface area contributed by atoms with Gasteiger partial charge in [0.1, 0.15) is 28.5 Å². The number of amides is 2. The minimum atomic E-state index is -0.737. The van der Waals surface area contributed by atoms with E-state index in [-0.39, 0.29) is 52.8 Å². The van der Waals surface area contributed by atoms with Gasteiger partial charge in [-0.15, -0.1) is 0 Å². The summed E-state index contributed by atoms with van der Waals surface area (Å²) in [6.45, 7) is 11.2. The first-order valence-corrected chi connectivity index (χ1v) is 14.1. The Bertz CT molecular complexity index is 1410. The lowest BCUT2D eigenvalue weighted by Gasteiger charge is -2.25. The van der Waals surface area contributed by atoms with Crippen molar-refractivity contribution in [1.29, 1.82) is 0 Å². The number of aliphatic hydroxyl groups is 1. The van der Waals surface area contributed by atoms with Crippen LogP contribution in [0.1, 0.15) is 90.0 Å². The van der Waals surface area contributed by atoms with Gasteiger partial charge in [-0.2, -0.15) is 9.61 Å². The first-order chi connectivity index (χ1) is 19.4. The van der Waals surface area contributed by atoms with Gasteiger partial charge in [0.15, 0.2) is 5.65 Å². The molecule has 224 valence electrons. The molecule has 0 fully saturated rings. The van der Waals surface area contributed by atoms with Crippen LogP contribution in [0.25, 0.3) is 5.65 Å². The number of aromatic nitrogens is 4. The number of aliphatic hydroxyl groups excluding tert-OH is 1. The molecule has 41 heavy (non-hydrogen) atoms. The van der Waals surface area contributed by atoms with Gasteiger partial charge in [0.25, 0.3) is 11.5 Å². The lowest BCUT2D eigenvalue weighted by molar-refractivity contribution is 0.0587. The highest BCUT2D eigenvalue weighted by atomic mass is 16.6. The van der Waals surface area contributed by atoms with E-state index in [1.54, 1.807) is 49.7 Å². The highest BCUT2D eigenvalue weighted by molar-refractivity contribution is 6.00. The van der Waals surface area contributed by atoms with Crippen molar-refractivity contribution in [2.24, 2.45) is 0 Å². The maximum atomic E-state index is 13.4. The minimum Gasteiger partial charge on any atom is -0.443 e. The second-order valence-corrected chi connectivity index (χ2v) is 11.4. The molecule has 12 nitrogen and oxygen atoms in total. The van der Waals surface area contributed by atoms with Gasteiger partial charge in [0.2, 0.25) is 0 Å². The first kappa shape index (κ1) is 31.6. The molecular formula is C29H43N7O5. The summed E-state index contributed by atoms with van der Waals surface area (Å²) in [7, 11) is 1.54. The summed E-state index contributed by atoms with van der Waals surface area (Å²) in [5.74, 6) is 0.124. The standard InChI is InChI=1S/C29H43N7O5/c1-8-9-10-12-20(14-16-37)31-26(38)21-18-30-36-24(34(7)28(40)41-29(4,5)6)17-23(33-25(21)36)32-22-13-11-15-35(19(2)3)27(22)39/h11,13,15,17-20,37H,8-10,12,14,16H2,1-7H3,(H,31,38)(H,32,33). The quantitative estimate of drug-likeness (QED) is 0.268. The third kappa shape index (κ3) is 8.06. The van der Waals surface area contributed by atoms with Crippen LogP contribution in [0.3, 0.4) is 0 Å². The van der Waals surface area contributed by atoms with Gasteiger partial charge >= 0.3 is 6.09 Å². The molecule has 0 spiro atoms. The molecule has 2 amide bonds. The highest BCUT2D eigenvalue weighted by Gasteiger charge is 2.26. The fraction of sp³-hybridized carbons (Fsp3) is 0.552. The number of carbonyl (C=O) groups excluding carboxylic acids is 2. The molecule has 0 aliphatic heterocycles. The average Bonchev–Trinajstić information content (AvgIpc) is 3.32. The van der Waals surface area contributed by atoms with Crippen molar-refractivity contribution >= 4 is 35.0 Å². The molecule has 0 aliphatic rings. The predicted octanol–water partition coefficient (Wildman–Crippen LogP) is 4.65. The van der Waals surface area contributed by atoms with Crippen molar-refractivity contribution in [1.82, 2.24) is 24.5 Å². The number of hydrogen-bond donors (Lipinski definition) is 3. The number of rotatable bonds is 12. The molecule has 0 radical (unpaired) electrons. The SMILES string of the molecule is CCCCCC(CCO)NC(=O)c1cnn2c(N(C)C(=O)OC(C)(C)C)cc(Nc3cccn(C(C)C)c3=O)nc12. The van der Waals surface area contributed by atoms with Gasteiger partial charge < -0.3 is 25.0 Å². The van der Waals surface area contributed by atoms with Crippen LogP contribution < -0.4 is 21.1 Å². The summed E-state index contributed by atoms with van der Waals surface area (Å²) in [6.07, 6.45) is 6.65. The Morgan fingerprint density at radius 1 is 1.20 bits per heavy atom. The molecule has 1 unspecified atom stereocenters. The van der Waals surface area contributed by atoms with Crippen LogP contribution in [0.5, 0.6) is 0 Å².